The Morgan fingerprint density at radius 1 is 0.429 bits per heavy atom. The van der Waals surface area contributed by atoms with Crippen LogP contribution in [0, 0.1) is 0 Å². The first-order valence-corrected chi connectivity index (χ1v) is 8.78. The van der Waals surface area contributed by atoms with Crippen molar-refractivity contribution < 1.29 is 17.7 Å². The summed E-state index contributed by atoms with van der Waals surface area (Å²) in [6.45, 7) is 0. The molecule has 3 aromatic carbocycles. The van der Waals surface area contributed by atoms with E-state index in [1.54, 1.807) is 18.3 Å². The van der Waals surface area contributed by atoms with E-state index in [4.69, 9.17) is 17.7 Å². The second kappa shape index (κ2) is 6.96. The highest BCUT2D eigenvalue weighted by molar-refractivity contribution is 5.62. The second-order valence-corrected chi connectivity index (χ2v) is 6.16. The first kappa shape index (κ1) is 16.2. The van der Waals surface area contributed by atoms with Gasteiger partial charge in [0, 0.05) is 18.2 Å². The van der Waals surface area contributed by atoms with E-state index < -0.39 is 0 Å². The molecule has 0 saturated heterocycles. The van der Waals surface area contributed by atoms with Crippen molar-refractivity contribution in [1.29, 1.82) is 0 Å². The molecule has 0 fully saturated rings. The first-order valence-electron chi connectivity index (χ1n) is 8.78. The lowest BCUT2D eigenvalue weighted by Gasteiger charge is -1.95. The lowest BCUT2D eigenvalue weighted by molar-refractivity contribution is 0.623. The van der Waals surface area contributed by atoms with Gasteiger partial charge in [0.05, 0.1) is 6.20 Å². The molecule has 8 rings (SSSR count). The van der Waals surface area contributed by atoms with Crippen molar-refractivity contribution in [2.45, 2.75) is 0 Å². The third kappa shape index (κ3) is 3.59. The summed E-state index contributed by atoms with van der Waals surface area (Å²) in [5.74, 6) is 0. The van der Waals surface area contributed by atoms with Crippen LogP contribution >= 0.6 is 0 Å². The summed E-state index contributed by atoms with van der Waals surface area (Å²) in [6, 6.07) is 25.8. The molecular formula is C23H15NO4. The fourth-order valence-corrected chi connectivity index (χ4v) is 2.79. The van der Waals surface area contributed by atoms with E-state index in [2.05, 4.69) is 4.98 Å². The van der Waals surface area contributed by atoms with Crippen LogP contribution in [0.15, 0.2) is 109 Å². The van der Waals surface area contributed by atoms with Crippen molar-refractivity contribution in [3.8, 4) is 0 Å². The fourth-order valence-electron chi connectivity index (χ4n) is 2.79. The quantitative estimate of drug-likeness (QED) is 0.298. The third-order valence-corrected chi connectivity index (χ3v) is 4.07. The van der Waals surface area contributed by atoms with Crippen LogP contribution in [-0.2, 0) is 0 Å². The maximum Gasteiger partial charge on any atom is 0.219 e. The molecule has 8 bridgehead atoms. The fraction of sp³-hybridized carbons (Fsp3) is 0. The molecule has 0 aliphatic rings. The summed E-state index contributed by atoms with van der Waals surface area (Å²) in [4.78, 5) is 4.30. The Bertz CT molecular complexity index is 1180. The van der Waals surface area contributed by atoms with Gasteiger partial charge in [0.1, 0.15) is 39.1 Å². The monoisotopic (exact) mass is 369 g/mol. The molecule has 0 radical (unpaired) electrons. The molecule has 0 amide bonds. The van der Waals surface area contributed by atoms with Gasteiger partial charge >= 0.3 is 0 Å². The summed E-state index contributed by atoms with van der Waals surface area (Å²) in [5.41, 5.74) is 5.10. The minimum Gasteiger partial charge on any atom is -0.457 e. The lowest BCUT2D eigenvalue weighted by atomic mass is 10.3. The van der Waals surface area contributed by atoms with Crippen LogP contribution in [0.5, 0.6) is 0 Å². The molecule has 0 saturated carbocycles. The standard InChI is InChI=1S/C23H15NO4/c1-3-18-13-20(5-1)27-22-11-12-23(24-15-22)28-21-6-2-4-19(14-21)26-17-9-7-16(25-18)8-10-17/h1-15H. The number of benzene rings is 3. The zero-order valence-electron chi connectivity index (χ0n) is 14.7. The Kier molecular flexibility index (Phi) is 4.03. The molecule has 28 heavy (non-hydrogen) atoms. The Hall–Kier alpha value is -3.99. The Labute approximate surface area is 159 Å². The molecule has 0 atom stereocenters. The number of pyridine rings is 1. The maximum absolute atomic E-state index is 5.92. The van der Waals surface area contributed by atoms with Gasteiger partial charge in [-0.1, -0.05) is 12.1 Å². The zero-order valence-corrected chi connectivity index (χ0v) is 14.7. The van der Waals surface area contributed by atoms with Crippen molar-refractivity contribution in [2.24, 2.45) is 0 Å². The molecular weight excluding hydrogens is 354 g/mol. The van der Waals surface area contributed by atoms with Gasteiger partial charge in [0.25, 0.3) is 0 Å². The molecule has 5 heteroatoms. The van der Waals surface area contributed by atoms with Crippen LogP contribution in [0.4, 0.5) is 0 Å². The zero-order chi connectivity index (χ0) is 18.8. The topological polar surface area (TPSA) is 65.5 Å². The van der Waals surface area contributed by atoms with Gasteiger partial charge in [-0.05, 0) is 54.6 Å². The highest BCUT2D eigenvalue weighted by Gasteiger charge is 1.94. The van der Waals surface area contributed by atoms with Crippen LogP contribution in [0.1, 0.15) is 0 Å². The van der Waals surface area contributed by atoms with E-state index in [-0.39, 0.29) is 0 Å². The molecule has 5 nitrogen and oxygen atoms in total. The normalized spacial score (nSPS) is 10.9. The van der Waals surface area contributed by atoms with Crippen molar-refractivity contribution >= 4 is 44.8 Å². The Morgan fingerprint density at radius 3 is 1.39 bits per heavy atom. The highest BCUT2D eigenvalue weighted by Crippen LogP contribution is 2.15. The molecule has 5 heterocycles. The minimum atomic E-state index is 0.465. The number of rotatable bonds is 0. The van der Waals surface area contributed by atoms with Gasteiger partial charge in [0.15, 0.2) is 0 Å². The van der Waals surface area contributed by atoms with Crippen LogP contribution in [0.3, 0.4) is 0 Å². The molecule has 0 spiro atoms. The third-order valence-electron chi connectivity index (χ3n) is 4.07. The molecule has 136 valence electrons. The van der Waals surface area contributed by atoms with Crippen molar-refractivity contribution in [2.75, 3.05) is 0 Å². The van der Waals surface area contributed by atoms with Crippen LogP contribution in [-0.4, -0.2) is 4.98 Å². The average molecular weight is 369 g/mol. The average Bonchev–Trinajstić information content (AvgIpc) is 2.71. The van der Waals surface area contributed by atoms with E-state index in [0.29, 0.717) is 44.8 Å². The summed E-state index contributed by atoms with van der Waals surface area (Å²) < 4.78 is 23.5. The minimum absolute atomic E-state index is 0.465. The van der Waals surface area contributed by atoms with Gasteiger partial charge in [-0.2, -0.15) is 0 Å². The van der Waals surface area contributed by atoms with Gasteiger partial charge < -0.3 is 17.7 Å². The maximum atomic E-state index is 5.92. The SMILES string of the molecule is c1cc2cc(c1)oc1ccc(nc1)oc1cccc(c1)oc1ccc(cc1)o2. The van der Waals surface area contributed by atoms with Crippen molar-refractivity contribution in [3.05, 3.63) is 91.1 Å². The van der Waals surface area contributed by atoms with Gasteiger partial charge in [-0.15, -0.1) is 0 Å². The Balaban J connectivity index is 1.87. The van der Waals surface area contributed by atoms with Crippen LogP contribution in [0.25, 0.3) is 44.8 Å². The smallest absolute Gasteiger partial charge is 0.219 e. The van der Waals surface area contributed by atoms with Crippen molar-refractivity contribution in [1.82, 2.24) is 4.98 Å². The molecule has 0 aliphatic carbocycles. The predicted molar refractivity (Wildman–Crippen MR) is 107 cm³/mol. The number of hydrogen-bond acceptors (Lipinski definition) is 5. The molecule has 8 aromatic rings. The number of hydrogen-bond donors (Lipinski definition) is 0. The van der Waals surface area contributed by atoms with Crippen LogP contribution in [0.2, 0.25) is 0 Å². The van der Waals surface area contributed by atoms with Gasteiger partial charge in [-0.3, -0.25) is 0 Å². The second-order valence-electron chi connectivity index (χ2n) is 6.16. The molecule has 0 N–H and O–H groups in total. The summed E-state index contributed by atoms with van der Waals surface area (Å²) in [7, 11) is 0. The number of nitrogens with zero attached hydrogens (tertiary/aromatic N) is 1. The molecule has 0 unspecified atom stereocenters. The lowest BCUT2D eigenvalue weighted by Crippen LogP contribution is -1.74. The van der Waals surface area contributed by atoms with E-state index >= 15 is 0 Å². The molecule has 0 aliphatic heterocycles. The van der Waals surface area contributed by atoms with E-state index in [1.807, 2.05) is 72.8 Å². The first-order chi connectivity index (χ1) is 13.8. The predicted octanol–water partition coefficient (Wildman–Crippen LogP) is 6.88. The summed E-state index contributed by atoms with van der Waals surface area (Å²) in [6.07, 6.45) is 1.62. The Morgan fingerprint density at radius 2 is 0.893 bits per heavy atom. The number of aromatic nitrogens is 1. The summed E-state index contributed by atoms with van der Waals surface area (Å²) in [5, 5.41) is 0. The van der Waals surface area contributed by atoms with E-state index in [0.717, 1.165) is 0 Å². The van der Waals surface area contributed by atoms with Crippen LogP contribution < -0.4 is 0 Å². The van der Waals surface area contributed by atoms with E-state index in [1.165, 1.54) is 0 Å². The molecule has 5 aromatic heterocycles. The summed E-state index contributed by atoms with van der Waals surface area (Å²) >= 11 is 0. The highest BCUT2D eigenvalue weighted by atomic mass is 16.4. The van der Waals surface area contributed by atoms with Gasteiger partial charge in [-0.25, -0.2) is 4.98 Å². The largest absolute Gasteiger partial charge is 0.457 e. The van der Waals surface area contributed by atoms with Gasteiger partial charge in [0.2, 0.25) is 5.71 Å². The van der Waals surface area contributed by atoms with E-state index in [9.17, 15) is 0 Å². The van der Waals surface area contributed by atoms with Crippen molar-refractivity contribution in [3.63, 3.8) is 0 Å².